The number of carbonyl (C=O) groups excluding carboxylic acids is 1. The van der Waals surface area contributed by atoms with Crippen molar-refractivity contribution in [3.8, 4) is 11.3 Å². The molecule has 1 amide bonds. The second kappa shape index (κ2) is 8.05. The van der Waals surface area contributed by atoms with Gasteiger partial charge in [-0.1, -0.05) is 35.3 Å². The fourth-order valence-corrected chi connectivity index (χ4v) is 3.54. The van der Waals surface area contributed by atoms with Crippen LogP contribution in [0.3, 0.4) is 0 Å². The Bertz CT molecular complexity index is 1090. The summed E-state index contributed by atoms with van der Waals surface area (Å²) in [5, 5.41) is 4.33. The van der Waals surface area contributed by atoms with E-state index in [4.69, 9.17) is 27.9 Å². The third-order valence-electron chi connectivity index (χ3n) is 4.71. The summed E-state index contributed by atoms with van der Waals surface area (Å²) in [6, 6.07) is 7.14. The van der Waals surface area contributed by atoms with Crippen molar-refractivity contribution in [2.24, 2.45) is 0 Å². The number of carbonyl (C=O) groups is 1. The number of amides is 1. The molecule has 30 heavy (non-hydrogen) atoms. The first-order chi connectivity index (χ1) is 14.2. The molecule has 4 rings (SSSR count). The molecule has 6 nitrogen and oxygen atoms in total. The number of hydrogen-bond acceptors (Lipinski definition) is 4. The molecule has 11 heteroatoms. The Morgan fingerprint density at radius 1 is 1.13 bits per heavy atom. The summed E-state index contributed by atoms with van der Waals surface area (Å²) in [5.41, 5.74) is -0.653. The highest BCUT2D eigenvalue weighted by Crippen LogP contribution is 2.35. The fraction of sp³-hybridized carbons (Fsp3) is 0.316. The zero-order valence-electron chi connectivity index (χ0n) is 15.4. The van der Waals surface area contributed by atoms with Crippen LogP contribution in [0.15, 0.2) is 30.3 Å². The first-order valence-corrected chi connectivity index (χ1v) is 9.76. The first kappa shape index (κ1) is 20.9. The van der Waals surface area contributed by atoms with Gasteiger partial charge >= 0.3 is 6.18 Å². The van der Waals surface area contributed by atoms with Crippen LogP contribution in [0.5, 0.6) is 0 Å². The molecule has 0 bridgehead atoms. The predicted octanol–water partition coefficient (Wildman–Crippen LogP) is 4.12. The monoisotopic (exact) mass is 458 g/mol. The maximum atomic E-state index is 13.7. The Morgan fingerprint density at radius 3 is 2.43 bits per heavy atom. The van der Waals surface area contributed by atoms with Crippen LogP contribution in [0.4, 0.5) is 13.2 Å². The van der Waals surface area contributed by atoms with Gasteiger partial charge in [-0.3, -0.25) is 4.79 Å². The van der Waals surface area contributed by atoms with E-state index in [1.807, 2.05) is 0 Å². The van der Waals surface area contributed by atoms with E-state index < -0.39 is 11.9 Å². The van der Waals surface area contributed by atoms with Crippen LogP contribution in [0.2, 0.25) is 10.0 Å². The standard InChI is InChI=1S/C19H15Cl2F3N4O2/c20-12-3-1-11(2-4-12)13-9-15(19(22,23)24)28-18(25-13)17(21)14(26-28)10-16(29)27-5-7-30-8-6-27/h1-4,9H,5-8,10H2. The van der Waals surface area contributed by atoms with Crippen LogP contribution in [0.25, 0.3) is 16.9 Å². The van der Waals surface area contributed by atoms with Crippen LogP contribution in [-0.4, -0.2) is 51.7 Å². The lowest BCUT2D eigenvalue weighted by atomic mass is 10.1. The minimum atomic E-state index is -4.71. The summed E-state index contributed by atoms with van der Waals surface area (Å²) in [6.07, 6.45) is -4.93. The van der Waals surface area contributed by atoms with E-state index in [9.17, 15) is 18.0 Å². The minimum Gasteiger partial charge on any atom is -0.378 e. The Labute approximate surface area is 179 Å². The van der Waals surface area contributed by atoms with Crippen molar-refractivity contribution in [1.82, 2.24) is 19.5 Å². The zero-order valence-corrected chi connectivity index (χ0v) is 16.9. The average Bonchev–Trinajstić information content (AvgIpc) is 3.03. The average molecular weight is 459 g/mol. The fourth-order valence-electron chi connectivity index (χ4n) is 3.19. The van der Waals surface area contributed by atoms with Gasteiger partial charge < -0.3 is 9.64 Å². The number of halogens is 5. The second-order valence-electron chi connectivity index (χ2n) is 6.70. The van der Waals surface area contributed by atoms with Gasteiger partial charge in [0.05, 0.1) is 31.0 Å². The lowest BCUT2D eigenvalue weighted by molar-refractivity contribution is -0.142. The molecular weight excluding hydrogens is 444 g/mol. The Hall–Kier alpha value is -2.36. The lowest BCUT2D eigenvalue weighted by Crippen LogP contribution is -2.41. The van der Waals surface area contributed by atoms with Crippen LogP contribution < -0.4 is 0 Å². The van der Waals surface area contributed by atoms with Gasteiger partial charge in [-0.05, 0) is 18.2 Å². The Balaban J connectivity index is 1.78. The van der Waals surface area contributed by atoms with E-state index in [-0.39, 0.29) is 34.4 Å². The molecule has 0 spiro atoms. The molecule has 1 aliphatic heterocycles. The van der Waals surface area contributed by atoms with Gasteiger partial charge in [-0.2, -0.15) is 18.3 Å². The highest BCUT2D eigenvalue weighted by atomic mass is 35.5. The Morgan fingerprint density at radius 2 is 1.80 bits per heavy atom. The number of nitrogens with zero attached hydrogens (tertiary/aromatic N) is 4. The molecule has 0 N–H and O–H groups in total. The summed E-state index contributed by atoms with van der Waals surface area (Å²) < 4.78 is 47.0. The van der Waals surface area contributed by atoms with E-state index in [1.165, 1.54) is 0 Å². The van der Waals surface area contributed by atoms with Crippen molar-refractivity contribution in [2.75, 3.05) is 26.3 Å². The molecular formula is C19H15Cl2F3N4O2. The molecule has 1 aliphatic rings. The smallest absolute Gasteiger partial charge is 0.378 e. The van der Waals surface area contributed by atoms with E-state index in [0.717, 1.165) is 6.07 Å². The van der Waals surface area contributed by atoms with Gasteiger partial charge in [0.15, 0.2) is 11.3 Å². The van der Waals surface area contributed by atoms with Crippen LogP contribution >= 0.6 is 23.2 Å². The molecule has 1 aromatic carbocycles. The van der Waals surface area contributed by atoms with Crippen LogP contribution in [0.1, 0.15) is 11.4 Å². The molecule has 1 fully saturated rings. The van der Waals surface area contributed by atoms with Crippen molar-refractivity contribution in [1.29, 1.82) is 0 Å². The van der Waals surface area contributed by atoms with Crippen molar-refractivity contribution in [3.63, 3.8) is 0 Å². The number of fused-ring (bicyclic) bond motifs is 1. The van der Waals surface area contributed by atoms with E-state index in [1.54, 1.807) is 29.2 Å². The van der Waals surface area contributed by atoms with Crippen LogP contribution in [0, 0.1) is 0 Å². The summed E-state index contributed by atoms with van der Waals surface area (Å²) in [7, 11) is 0. The highest BCUT2D eigenvalue weighted by molar-refractivity contribution is 6.34. The number of benzene rings is 1. The maximum absolute atomic E-state index is 13.7. The number of alkyl halides is 3. The number of hydrogen-bond donors (Lipinski definition) is 0. The van der Waals surface area contributed by atoms with Gasteiger partial charge in [0.2, 0.25) is 5.91 Å². The normalized spacial score (nSPS) is 15.0. The molecule has 2 aromatic heterocycles. The maximum Gasteiger partial charge on any atom is 0.433 e. The topological polar surface area (TPSA) is 59.7 Å². The van der Waals surface area contributed by atoms with Crippen molar-refractivity contribution < 1.29 is 22.7 Å². The third kappa shape index (κ3) is 4.10. The summed E-state index contributed by atoms with van der Waals surface area (Å²) in [6.45, 7) is 1.65. The quantitative estimate of drug-likeness (QED) is 0.592. The molecule has 0 radical (unpaired) electrons. The van der Waals surface area contributed by atoms with Crippen molar-refractivity contribution in [2.45, 2.75) is 12.6 Å². The van der Waals surface area contributed by atoms with Gasteiger partial charge in [0.1, 0.15) is 5.02 Å². The van der Waals surface area contributed by atoms with E-state index in [2.05, 4.69) is 10.1 Å². The summed E-state index contributed by atoms with van der Waals surface area (Å²) in [5.74, 6) is -0.282. The van der Waals surface area contributed by atoms with Gasteiger partial charge in [0.25, 0.3) is 0 Å². The van der Waals surface area contributed by atoms with E-state index >= 15 is 0 Å². The van der Waals surface area contributed by atoms with Gasteiger partial charge in [0, 0.05) is 23.7 Å². The van der Waals surface area contributed by atoms with Crippen LogP contribution in [-0.2, 0) is 22.1 Å². The molecule has 0 atom stereocenters. The first-order valence-electron chi connectivity index (χ1n) is 9.01. The number of aromatic nitrogens is 3. The van der Waals surface area contributed by atoms with E-state index in [0.29, 0.717) is 41.4 Å². The summed E-state index contributed by atoms with van der Waals surface area (Å²) >= 11 is 12.2. The number of rotatable bonds is 3. The molecule has 0 unspecified atom stereocenters. The molecule has 0 saturated carbocycles. The lowest BCUT2D eigenvalue weighted by Gasteiger charge is -2.26. The molecule has 158 valence electrons. The van der Waals surface area contributed by atoms with Crippen molar-refractivity contribution >= 4 is 34.8 Å². The minimum absolute atomic E-state index is 0.0411. The predicted molar refractivity (Wildman–Crippen MR) is 105 cm³/mol. The number of morpholine rings is 1. The Kier molecular flexibility index (Phi) is 5.61. The highest BCUT2D eigenvalue weighted by Gasteiger charge is 2.36. The van der Waals surface area contributed by atoms with Crippen molar-refractivity contribution in [3.05, 3.63) is 51.8 Å². The third-order valence-corrected chi connectivity index (χ3v) is 5.35. The molecule has 1 saturated heterocycles. The SMILES string of the molecule is O=C(Cc1nn2c(C(F)(F)F)cc(-c3ccc(Cl)cc3)nc2c1Cl)N1CCOCC1. The zero-order chi connectivity index (χ0) is 21.5. The van der Waals surface area contributed by atoms with Gasteiger partial charge in [-0.15, -0.1) is 0 Å². The molecule has 3 heterocycles. The van der Waals surface area contributed by atoms with Gasteiger partial charge in [-0.25, -0.2) is 9.50 Å². The second-order valence-corrected chi connectivity index (χ2v) is 7.51. The molecule has 3 aromatic rings. The molecule has 0 aliphatic carbocycles. The summed E-state index contributed by atoms with van der Waals surface area (Å²) in [4.78, 5) is 18.3. The number of ether oxygens (including phenoxy) is 1. The largest absolute Gasteiger partial charge is 0.433 e.